The van der Waals surface area contributed by atoms with Gasteiger partial charge in [-0.3, -0.25) is 9.59 Å². The van der Waals surface area contributed by atoms with Crippen LogP contribution in [-0.2, 0) is 16.1 Å². The SMILES string of the molecule is O=C(NCc1cc(F)cc(Cl)c1)[C@@]1(O)CCN(c2cnc3[nH]cc(Cl)c3c2)C1=O. The second-order valence-electron chi connectivity index (χ2n) is 6.75. The second kappa shape index (κ2) is 7.29. The Morgan fingerprint density at radius 3 is 2.90 bits per heavy atom. The van der Waals surface area contributed by atoms with Gasteiger partial charge in [-0.2, -0.15) is 0 Å². The van der Waals surface area contributed by atoms with Gasteiger partial charge in [0.25, 0.3) is 11.8 Å². The third kappa shape index (κ3) is 3.55. The summed E-state index contributed by atoms with van der Waals surface area (Å²) in [5, 5.41) is 14.4. The first-order valence-corrected chi connectivity index (χ1v) is 9.44. The van der Waals surface area contributed by atoms with Crippen molar-refractivity contribution < 1.29 is 19.1 Å². The zero-order valence-corrected chi connectivity index (χ0v) is 16.4. The molecule has 3 heterocycles. The number of aromatic nitrogens is 2. The van der Waals surface area contributed by atoms with Crippen LogP contribution in [0.25, 0.3) is 11.0 Å². The minimum atomic E-state index is -2.23. The van der Waals surface area contributed by atoms with E-state index in [1.165, 1.54) is 23.2 Å². The molecule has 1 atom stereocenters. The Kier molecular flexibility index (Phi) is 4.94. The van der Waals surface area contributed by atoms with E-state index in [9.17, 15) is 19.1 Å². The summed E-state index contributed by atoms with van der Waals surface area (Å²) >= 11 is 11.9. The molecule has 0 saturated carbocycles. The number of aromatic amines is 1. The van der Waals surface area contributed by atoms with Gasteiger partial charge in [0.2, 0.25) is 5.60 Å². The lowest BCUT2D eigenvalue weighted by molar-refractivity contribution is -0.149. The zero-order chi connectivity index (χ0) is 20.8. The highest BCUT2D eigenvalue weighted by molar-refractivity contribution is 6.35. The van der Waals surface area contributed by atoms with Crippen LogP contribution in [0.4, 0.5) is 10.1 Å². The Balaban J connectivity index is 1.51. The van der Waals surface area contributed by atoms with E-state index in [-0.39, 0.29) is 24.5 Å². The molecule has 2 aromatic heterocycles. The van der Waals surface area contributed by atoms with Crippen molar-refractivity contribution in [3.63, 3.8) is 0 Å². The molecule has 4 rings (SSSR count). The van der Waals surface area contributed by atoms with Gasteiger partial charge in [0.05, 0.1) is 16.9 Å². The summed E-state index contributed by atoms with van der Waals surface area (Å²) in [5.74, 6) is -2.17. The topological polar surface area (TPSA) is 98.3 Å². The zero-order valence-electron chi connectivity index (χ0n) is 14.9. The van der Waals surface area contributed by atoms with Crippen molar-refractivity contribution in [2.24, 2.45) is 0 Å². The molecule has 1 aromatic carbocycles. The van der Waals surface area contributed by atoms with Crippen LogP contribution in [0.1, 0.15) is 12.0 Å². The minimum absolute atomic E-state index is 0.0849. The van der Waals surface area contributed by atoms with Gasteiger partial charge >= 0.3 is 0 Å². The van der Waals surface area contributed by atoms with Gasteiger partial charge < -0.3 is 20.3 Å². The highest BCUT2D eigenvalue weighted by Gasteiger charge is 2.51. The number of carbonyl (C=O) groups excluding carboxylic acids is 2. The number of hydrogen-bond acceptors (Lipinski definition) is 4. The number of nitrogens with zero attached hydrogens (tertiary/aromatic N) is 2. The average Bonchev–Trinajstić information content (AvgIpc) is 3.20. The number of halogens is 3. The maximum Gasteiger partial charge on any atom is 0.268 e. The van der Waals surface area contributed by atoms with Crippen LogP contribution < -0.4 is 10.2 Å². The van der Waals surface area contributed by atoms with Gasteiger partial charge in [0.1, 0.15) is 11.5 Å². The highest BCUT2D eigenvalue weighted by Crippen LogP contribution is 2.31. The first kappa shape index (κ1) is 19.6. The number of pyridine rings is 1. The molecular formula is C19H15Cl2FN4O3. The molecule has 3 aromatic rings. The van der Waals surface area contributed by atoms with Gasteiger partial charge in [-0.25, -0.2) is 9.37 Å². The Bertz CT molecular complexity index is 1120. The van der Waals surface area contributed by atoms with Gasteiger partial charge in [-0.1, -0.05) is 23.2 Å². The van der Waals surface area contributed by atoms with Crippen LogP contribution in [0, 0.1) is 5.82 Å². The van der Waals surface area contributed by atoms with Crippen LogP contribution in [0.5, 0.6) is 0 Å². The molecule has 0 radical (unpaired) electrons. The van der Waals surface area contributed by atoms with Crippen LogP contribution in [0.2, 0.25) is 10.0 Å². The Hall–Kier alpha value is -2.68. The van der Waals surface area contributed by atoms with E-state index in [0.717, 1.165) is 6.07 Å². The van der Waals surface area contributed by atoms with Crippen molar-refractivity contribution in [2.45, 2.75) is 18.6 Å². The van der Waals surface area contributed by atoms with Crippen LogP contribution >= 0.6 is 23.2 Å². The molecule has 1 aliphatic heterocycles. The van der Waals surface area contributed by atoms with Gasteiger partial charge in [-0.05, 0) is 29.8 Å². The number of carbonyl (C=O) groups is 2. The number of rotatable bonds is 4. The van der Waals surface area contributed by atoms with Crippen molar-refractivity contribution in [1.82, 2.24) is 15.3 Å². The van der Waals surface area contributed by atoms with E-state index < -0.39 is 23.2 Å². The number of amides is 2. The monoisotopic (exact) mass is 436 g/mol. The fourth-order valence-corrected chi connectivity index (χ4v) is 3.75. The Morgan fingerprint density at radius 2 is 2.14 bits per heavy atom. The summed E-state index contributed by atoms with van der Waals surface area (Å²) in [6.07, 6.45) is 2.95. The number of fused-ring (bicyclic) bond motifs is 1. The predicted octanol–water partition coefficient (Wildman–Crippen LogP) is 2.79. The number of benzene rings is 1. The van der Waals surface area contributed by atoms with Crippen molar-refractivity contribution in [1.29, 1.82) is 0 Å². The molecule has 0 aliphatic carbocycles. The number of aliphatic hydroxyl groups is 1. The maximum absolute atomic E-state index is 13.4. The van der Waals surface area contributed by atoms with E-state index in [1.54, 1.807) is 12.3 Å². The van der Waals surface area contributed by atoms with E-state index in [1.807, 2.05) is 0 Å². The number of hydrogen-bond donors (Lipinski definition) is 3. The molecule has 0 bridgehead atoms. The van der Waals surface area contributed by atoms with E-state index in [0.29, 0.717) is 27.3 Å². The lowest BCUT2D eigenvalue weighted by atomic mass is 10.0. The molecule has 3 N–H and O–H groups in total. The largest absolute Gasteiger partial charge is 0.372 e. The molecule has 1 aliphatic rings. The molecule has 150 valence electrons. The first-order valence-electron chi connectivity index (χ1n) is 8.68. The molecule has 2 amide bonds. The summed E-state index contributed by atoms with van der Waals surface area (Å²) in [5.41, 5.74) is -0.837. The number of anilines is 1. The fourth-order valence-electron chi connectivity index (χ4n) is 3.31. The van der Waals surface area contributed by atoms with Crippen LogP contribution in [-0.4, -0.2) is 39.0 Å². The minimum Gasteiger partial charge on any atom is -0.372 e. The third-order valence-corrected chi connectivity index (χ3v) is 5.36. The van der Waals surface area contributed by atoms with E-state index >= 15 is 0 Å². The molecule has 10 heteroatoms. The van der Waals surface area contributed by atoms with E-state index in [4.69, 9.17) is 23.2 Å². The molecule has 0 spiro atoms. The summed E-state index contributed by atoms with van der Waals surface area (Å²) in [4.78, 5) is 33.7. The lowest BCUT2D eigenvalue weighted by Crippen LogP contribution is -2.52. The van der Waals surface area contributed by atoms with E-state index in [2.05, 4.69) is 15.3 Å². The normalized spacial score (nSPS) is 19.2. The molecule has 1 fully saturated rings. The average molecular weight is 437 g/mol. The molecule has 1 saturated heterocycles. The standard InChI is InChI=1S/C19H15Cl2FN4O3/c20-11-3-10(4-12(22)5-11)7-25-17(27)19(29)1-2-26(18(19)28)13-6-14-15(21)9-24-16(14)23-8-13/h3-6,8-9,29H,1-2,7H2,(H,23,24)(H,25,27)/t19-/m0/s1. The molecule has 7 nitrogen and oxygen atoms in total. The van der Waals surface area contributed by atoms with Crippen molar-refractivity contribution >= 4 is 51.7 Å². The molecule has 29 heavy (non-hydrogen) atoms. The van der Waals surface area contributed by atoms with Gasteiger partial charge in [-0.15, -0.1) is 0 Å². The first-order chi connectivity index (χ1) is 13.8. The summed E-state index contributed by atoms with van der Waals surface area (Å²) in [6.45, 7) is 0.0438. The van der Waals surface area contributed by atoms with Gasteiger partial charge in [0, 0.05) is 36.1 Å². The molecular weight excluding hydrogens is 422 g/mol. The third-order valence-electron chi connectivity index (χ3n) is 4.83. The Morgan fingerprint density at radius 1 is 1.34 bits per heavy atom. The summed E-state index contributed by atoms with van der Waals surface area (Å²) in [7, 11) is 0. The fraction of sp³-hybridized carbons (Fsp3) is 0.211. The van der Waals surface area contributed by atoms with Crippen molar-refractivity contribution in [2.75, 3.05) is 11.4 Å². The summed E-state index contributed by atoms with van der Waals surface area (Å²) < 4.78 is 13.4. The number of H-pyrrole nitrogens is 1. The predicted molar refractivity (Wildman–Crippen MR) is 106 cm³/mol. The summed E-state index contributed by atoms with van der Waals surface area (Å²) in [6, 6.07) is 5.50. The highest BCUT2D eigenvalue weighted by atomic mass is 35.5. The lowest BCUT2D eigenvalue weighted by Gasteiger charge is -2.21. The van der Waals surface area contributed by atoms with Crippen LogP contribution in [0.3, 0.4) is 0 Å². The quantitative estimate of drug-likeness (QED) is 0.547. The van der Waals surface area contributed by atoms with Gasteiger partial charge in [0.15, 0.2) is 0 Å². The smallest absolute Gasteiger partial charge is 0.268 e. The number of nitrogens with one attached hydrogen (secondary N) is 2. The molecule has 0 unspecified atom stereocenters. The van der Waals surface area contributed by atoms with Crippen LogP contribution in [0.15, 0.2) is 36.7 Å². The van der Waals surface area contributed by atoms with Crippen molar-refractivity contribution in [3.05, 3.63) is 58.1 Å². The Labute approximate surface area is 174 Å². The maximum atomic E-state index is 13.4. The second-order valence-corrected chi connectivity index (χ2v) is 7.60. The van der Waals surface area contributed by atoms with Crippen molar-refractivity contribution in [3.8, 4) is 0 Å².